The molecule has 1 aliphatic rings. The van der Waals surface area contributed by atoms with Crippen LogP contribution in [-0.2, 0) is 16.1 Å². The highest BCUT2D eigenvalue weighted by atomic mass is 32.2. The second kappa shape index (κ2) is 9.69. The third-order valence-corrected chi connectivity index (χ3v) is 5.67. The monoisotopic (exact) mass is 454 g/mol. The van der Waals surface area contributed by atoms with Gasteiger partial charge in [-0.1, -0.05) is 30.8 Å². The summed E-state index contributed by atoms with van der Waals surface area (Å²) in [5, 5.41) is 18.0. The number of anilines is 2. The molecule has 0 aliphatic carbocycles. The molecule has 2 N–H and O–H groups in total. The van der Waals surface area contributed by atoms with Crippen LogP contribution in [0.1, 0.15) is 24.5 Å². The Balaban J connectivity index is 1.35. The summed E-state index contributed by atoms with van der Waals surface area (Å²) in [5.41, 5.74) is 3.15. The van der Waals surface area contributed by atoms with Gasteiger partial charge in [0.15, 0.2) is 11.5 Å². The molecule has 10 nitrogen and oxygen atoms in total. The van der Waals surface area contributed by atoms with Gasteiger partial charge in [0.05, 0.1) is 12.3 Å². The zero-order chi connectivity index (χ0) is 22.5. The quantitative estimate of drug-likeness (QED) is 0.499. The van der Waals surface area contributed by atoms with Crippen LogP contribution >= 0.6 is 11.8 Å². The Labute approximate surface area is 188 Å². The van der Waals surface area contributed by atoms with E-state index >= 15 is 0 Å². The molecule has 11 heteroatoms. The van der Waals surface area contributed by atoms with Crippen LogP contribution in [0.3, 0.4) is 0 Å². The van der Waals surface area contributed by atoms with Crippen molar-refractivity contribution >= 4 is 35.0 Å². The van der Waals surface area contributed by atoms with Gasteiger partial charge in [0.1, 0.15) is 0 Å². The number of aromatic nitrogens is 4. The zero-order valence-corrected chi connectivity index (χ0v) is 18.4. The van der Waals surface area contributed by atoms with Crippen LogP contribution in [0.5, 0.6) is 11.5 Å². The lowest BCUT2D eigenvalue weighted by Gasteiger charge is -2.11. The second-order valence-electron chi connectivity index (χ2n) is 7.08. The van der Waals surface area contributed by atoms with Crippen molar-refractivity contribution in [1.82, 2.24) is 20.2 Å². The molecule has 4 rings (SSSR count). The smallest absolute Gasteiger partial charge is 0.234 e. The molecular weight excluding hydrogens is 432 g/mol. The van der Waals surface area contributed by atoms with Gasteiger partial charge in [0, 0.05) is 17.8 Å². The molecule has 3 aromatic rings. The van der Waals surface area contributed by atoms with Crippen molar-refractivity contribution in [3.63, 3.8) is 0 Å². The zero-order valence-electron chi connectivity index (χ0n) is 17.6. The van der Waals surface area contributed by atoms with Crippen LogP contribution in [0.4, 0.5) is 11.4 Å². The average molecular weight is 455 g/mol. The number of nitrogens with one attached hydrogen (secondary N) is 2. The van der Waals surface area contributed by atoms with E-state index in [1.807, 2.05) is 31.2 Å². The molecule has 0 unspecified atom stereocenters. The summed E-state index contributed by atoms with van der Waals surface area (Å²) in [6.07, 6.45) is 0.383. The first-order valence-corrected chi connectivity index (χ1v) is 11.0. The van der Waals surface area contributed by atoms with E-state index in [0.29, 0.717) is 41.0 Å². The first kappa shape index (κ1) is 21.6. The number of hydrogen-bond acceptors (Lipinski definition) is 8. The first-order chi connectivity index (χ1) is 15.5. The van der Waals surface area contributed by atoms with Crippen molar-refractivity contribution in [2.75, 3.05) is 23.2 Å². The Morgan fingerprint density at radius 3 is 2.78 bits per heavy atom. The molecule has 2 aromatic carbocycles. The van der Waals surface area contributed by atoms with E-state index in [-0.39, 0.29) is 24.4 Å². The summed E-state index contributed by atoms with van der Waals surface area (Å²) >= 11 is 1.24. The average Bonchev–Trinajstić information content (AvgIpc) is 3.43. The van der Waals surface area contributed by atoms with Crippen LogP contribution in [0.25, 0.3) is 0 Å². The first-order valence-electron chi connectivity index (χ1n) is 9.99. The van der Waals surface area contributed by atoms with Crippen LogP contribution in [0.15, 0.2) is 41.6 Å². The van der Waals surface area contributed by atoms with Gasteiger partial charge in [-0.15, -0.1) is 5.10 Å². The lowest BCUT2D eigenvalue weighted by molar-refractivity contribution is -0.116. The van der Waals surface area contributed by atoms with Crippen LogP contribution < -0.4 is 20.1 Å². The maximum absolute atomic E-state index is 12.5. The van der Waals surface area contributed by atoms with E-state index < -0.39 is 0 Å². The fraction of sp³-hybridized carbons (Fsp3) is 0.286. The number of ether oxygens (including phenoxy) is 2. The second-order valence-corrected chi connectivity index (χ2v) is 8.02. The number of carbonyl (C=O) groups is 2. The summed E-state index contributed by atoms with van der Waals surface area (Å²) in [5.74, 6) is 1.25. The largest absolute Gasteiger partial charge is 0.454 e. The molecule has 0 radical (unpaired) electrons. The molecule has 2 heterocycles. The Bertz CT molecular complexity index is 1150. The standard InChI is InChI=1S/C21H22N6O4S/c1-3-19(28)23-16-9-15(6-4-13(16)2)22-20(29)11-32-21-24-25-26-27(21)10-14-5-7-17-18(8-14)31-12-30-17/h4-9H,3,10-12H2,1-2H3,(H,22,29)(H,23,28). The molecule has 1 aliphatic heterocycles. The minimum atomic E-state index is -0.204. The fourth-order valence-corrected chi connectivity index (χ4v) is 3.69. The Kier molecular flexibility index (Phi) is 6.55. The van der Waals surface area contributed by atoms with Gasteiger partial charge in [-0.3, -0.25) is 9.59 Å². The Morgan fingerprint density at radius 2 is 1.94 bits per heavy atom. The number of hydrogen-bond donors (Lipinski definition) is 2. The molecule has 166 valence electrons. The van der Waals surface area contributed by atoms with Gasteiger partial charge in [0.2, 0.25) is 23.8 Å². The van der Waals surface area contributed by atoms with Gasteiger partial charge in [-0.2, -0.15) is 0 Å². The van der Waals surface area contributed by atoms with Gasteiger partial charge in [0.25, 0.3) is 0 Å². The number of thioether (sulfide) groups is 1. The minimum Gasteiger partial charge on any atom is -0.454 e. The number of carbonyl (C=O) groups excluding carboxylic acids is 2. The van der Waals surface area contributed by atoms with Crippen molar-refractivity contribution in [1.29, 1.82) is 0 Å². The lowest BCUT2D eigenvalue weighted by atomic mass is 10.1. The summed E-state index contributed by atoms with van der Waals surface area (Å²) in [6.45, 7) is 4.33. The Morgan fingerprint density at radius 1 is 1.09 bits per heavy atom. The van der Waals surface area contributed by atoms with Crippen LogP contribution in [0, 0.1) is 6.92 Å². The van der Waals surface area contributed by atoms with Gasteiger partial charge < -0.3 is 20.1 Å². The SMILES string of the molecule is CCC(=O)Nc1cc(NC(=O)CSc2nnnn2Cc2ccc3c(c2)OCO3)ccc1C. The molecule has 0 bridgehead atoms. The van der Waals surface area contributed by atoms with Crippen molar-refractivity contribution in [3.8, 4) is 11.5 Å². The highest BCUT2D eigenvalue weighted by Gasteiger charge is 2.15. The number of nitrogens with zero attached hydrogens (tertiary/aromatic N) is 4. The molecule has 32 heavy (non-hydrogen) atoms. The Hall–Kier alpha value is -3.60. The highest BCUT2D eigenvalue weighted by molar-refractivity contribution is 7.99. The van der Waals surface area contributed by atoms with Crippen molar-refractivity contribution in [3.05, 3.63) is 47.5 Å². The number of tetrazole rings is 1. The number of rotatable bonds is 8. The number of benzene rings is 2. The molecular formula is C21H22N6O4S. The third kappa shape index (κ3) is 5.17. The van der Waals surface area contributed by atoms with Gasteiger partial charge in [-0.25, -0.2) is 4.68 Å². The van der Waals surface area contributed by atoms with Crippen LogP contribution in [0.2, 0.25) is 0 Å². The summed E-state index contributed by atoms with van der Waals surface area (Å²) < 4.78 is 12.4. The predicted octanol–water partition coefficient (Wildman–Crippen LogP) is 2.84. The van der Waals surface area contributed by atoms with Crippen molar-refractivity contribution < 1.29 is 19.1 Å². The molecule has 0 saturated carbocycles. The number of fused-ring (bicyclic) bond motifs is 1. The summed E-state index contributed by atoms with van der Waals surface area (Å²) in [4.78, 5) is 24.1. The maximum atomic E-state index is 12.5. The fourth-order valence-electron chi connectivity index (χ4n) is 3.01. The third-order valence-electron chi connectivity index (χ3n) is 4.72. The summed E-state index contributed by atoms with van der Waals surface area (Å²) in [6, 6.07) is 11.0. The molecule has 0 fully saturated rings. The normalized spacial score (nSPS) is 11.9. The van der Waals surface area contributed by atoms with E-state index in [1.165, 1.54) is 11.8 Å². The minimum absolute atomic E-state index is 0.0820. The molecule has 0 spiro atoms. The van der Waals surface area contributed by atoms with E-state index in [2.05, 4.69) is 26.2 Å². The van der Waals surface area contributed by atoms with Crippen molar-refractivity contribution in [2.45, 2.75) is 32.0 Å². The lowest BCUT2D eigenvalue weighted by Crippen LogP contribution is -2.16. The molecule has 2 amide bonds. The highest BCUT2D eigenvalue weighted by Crippen LogP contribution is 2.32. The molecule has 1 aromatic heterocycles. The molecule has 0 atom stereocenters. The van der Waals surface area contributed by atoms with E-state index in [4.69, 9.17) is 9.47 Å². The predicted molar refractivity (Wildman–Crippen MR) is 119 cm³/mol. The van der Waals surface area contributed by atoms with Crippen LogP contribution in [-0.4, -0.2) is 44.6 Å². The van der Waals surface area contributed by atoms with Gasteiger partial charge >= 0.3 is 0 Å². The topological polar surface area (TPSA) is 120 Å². The summed E-state index contributed by atoms with van der Waals surface area (Å²) in [7, 11) is 0. The molecule has 0 saturated heterocycles. The van der Waals surface area contributed by atoms with Gasteiger partial charge in [-0.05, 0) is 52.7 Å². The van der Waals surface area contributed by atoms with E-state index in [1.54, 1.807) is 23.7 Å². The number of amides is 2. The van der Waals surface area contributed by atoms with Crippen molar-refractivity contribution in [2.24, 2.45) is 0 Å². The van der Waals surface area contributed by atoms with E-state index in [0.717, 1.165) is 11.1 Å². The number of aryl methyl sites for hydroxylation is 1. The van der Waals surface area contributed by atoms with E-state index in [9.17, 15) is 9.59 Å². The maximum Gasteiger partial charge on any atom is 0.234 e.